The van der Waals surface area contributed by atoms with Crippen molar-refractivity contribution in [2.45, 2.75) is 26.8 Å². The number of para-hydroxylation sites is 1. The van der Waals surface area contributed by atoms with Gasteiger partial charge in [0.15, 0.2) is 0 Å². The topological polar surface area (TPSA) is 78.5 Å². The van der Waals surface area contributed by atoms with Crippen LogP contribution < -0.4 is 15.8 Å². The van der Waals surface area contributed by atoms with Gasteiger partial charge in [-0.05, 0) is 46.1 Å². The highest BCUT2D eigenvalue weighted by Gasteiger charge is 2.29. The molecule has 1 aliphatic heterocycles. The first-order valence-electron chi connectivity index (χ1n) is 8.88. The number of hydrogen-bond acceptors (Lipinski definition) is 3. The van der Waals surface area contributed by atoms with E-state index in [0.717, 1.165) is 0 Å². The lowest BCUT2D eigenvalue weighted by Crippen LogP contribution is -2.41. The molecule has 0 atom stereocenters. The van der Waals surface area contributed by atoms with E-state index in [2.05, 4.69) is 26.8 Å². The Morgan fingerprint density at radius 1 is 1.17 bits per heavy atom. The smallest absolute Gasteiger partial charge is 0.267 e. The molecule has 1 heterocycles. The normalized spacial score (nSPS) is 13.7. The minimum Gasteiger partial charge on any atom is -0.307 e. The fraction of sp³-hybridized carbons (Fsp3) is 0.190. The van der Waals surface area contributed by atoms with Gasteiger partial charge in [-0.1, -0.05) is 30.3 Å². The number of anilines is 1. The number of halogens is 2. The predicted molar refractivity (Wildman–Crippen MR) is 111 cm³/mol. The van der Waals surface area contributed by atoms with Crippen LogP contribution in [0.1, 0.15) is 30.0 Å². The van der Waals surface area contributed by atoms with Crippen LogP contribution in [-0.4, -0.2) is 17.7 Å². The molecule has 3 rings (SSSR count). The molecule has 0 saturated heterocycles. The number of nitrogens with zero attached hydrogens (tertiary/aromatic N) is 1. The summed E-state index contributed by atoms with van der Waals surface area (Å²) >= 11 is 3.44. The number of nitrogens with one attached hydrogen (secondary N) is 2. The fourth-order valence-corrected chi connectivity index (χ4v) is 3.66. The molecule has 0 saturated carbocycles. The van der Waals surface area contributed by atoms with Gasteiger partial charge < -0.3 is 4.90 Å². The van der Waals surface area contributed by atoms with E-state index >= 15 is 0 Å². The number of hydrazine groups is 1. The third-order valence-electron chi connectivity index (χ3n) is 4.53. The molecule has 150 valence electrons. The van der Waals surface area contributed by atoms with Gasteiger partial charge in [0.05, 0.1) is 18.7 Å². The zero-order valence-corrected chi connectivity index (χ0v) is 17.5. The number of benzene rings is 2. The van der Waals surface area contributed by atoms with E-state index in [1.54, 1.807) is 43.3 Å². The van der Waals surface area contributed by atoms with E-state index < -0.39 is 11.8 Å². The van der Waals surface area contributed by atoms with Gasteiger partial charge in [-0.2, -0.15) is 0 Å². The summed E-state index contributed by atoms with van der Waals surface area (Å²) in [5.41, 5.74) is 7.13. The predicted octanol–water partition coefficient (Wildman–Crippen LogP) is 3.34. The lowest BCUT2D eigenvalue weighted by molar-refractivity contribution is -0.126. The molecule has 0 radical (unpaired) electrons. The lowest BCUT2D eigenvalue weighted by Gasteiger charge is -2.23. The highest BCUT2D eigenvalue weighted by atomic mass is 79.9. The molecule has 0 aromatic heterocycles. The SMILES string of the molecule is CC(=O)NNC(=O)C1=C(Br)c2ccccc2N(Cc2ccc(C)c(F)c2)C(=O)C1. The third kappa shape index (κ3) is 4.54. The van der Waals surface area contributed by atoms with Crippen LogP contribution in [0, 0.1) is 12.7 Å². The van der Waals surface area contributed by atoms with Crippen molar-refractivity contribution < 1.29 is 18.8 Å². The first kappa shape index (κ1) is 20.7. The van der Waals surface area contributed by atoms with Gasteiger partial charge in [0.2, 0.25) is 11.8 Å². The third-order valence-corrected chi connectivity index (χ3v) is 5.43. The zero-order valence-electron chi connectivity index (χ0n) is 15.9. The molecule has 0 unspecified atom stereocenters. The van der Waals surface area contributed by atoms with E-state index in [4.69, 9.17) is 0 Å². The van der Waals surface area contributed by atoms with Crippen LogP contribution in [0.2, 0.25) is 0 Å². The average Bonchev–Trinajstić information content (AvgIpc) is 2.79. The Balaban J connectivity index is 1.98. The largest absolute Gasteiger partial charge is 0.307 e. The Morgan fingerprint density at radius 2 is 1.90 bits per heavy atom. The van der Waals surface area contributed by atoms with Gasteiger partial charge in [0.1, 0.15) is 5.82 Å². The Kier molecular flexibility index (Phi) is 6.12. The second-order valence-corrected chi connectivity index (χ2v) is 7.48. The summed E-state index contributed by atoms with van der Waals surface area (Å²) in [6.45, 7) is 3.10. The van der Waals surface area contributed by atoms with Crippen molar-refractivity contribution in [1.82, 2.24) is 10.9 Å². The average molecular weight is 460 g/mol. The Morgan fingerprint density at radius 3 is 2.59 bits per heavy atom. The Bertz CT molecular complexity index is 1040. The number of amides is 3. The molecule has 3 amide bonds. The van der Waals surface area contributed by atoms with Crippen LogP contribution in [0.3, 0.4) is 0 Å². The molecule has 0 fully saturated rings. The minimum atomic E-state index is -0.585. The highest BCUT2D eigenvalue weighted by molar-refractivity contribution is 9.15. The van der Waals surface area contributed by atoms with Gasteiger partial charge in [-0.25, -0.2) is 4.39 Å². The molecular weight excluding hydrogens is 441 g/mol. The van der Waals surface area contributed by atoms with E-state index in [1.807, 2.05) is 0 Å². The van der Waals surface area contributed by atoms with Crippen LogP contribution in [0.15, 0.2) is 48.0 Å². The first-order valence-corrected chi connectivity index (χ1v) is 9.67. The van der Waals surface area contributed by atoms with Crippen LogP contribution in [0.25, 0.3) is 4.48 Å². The maximum Gasteiger partial charge on any atom is 0.267 e. The second-order valence-electron chi connectivity index (χ2n) is 6.69. The van der Waals surface area contributed by atoms with Crippen LogP contribution in [-0.2, 0) is 20.9 Å². The molecule has 29 heavy (non-hydrogen) atoms. The molecule has 2 aromatic carbocycles. The van der Waals surface area contributed by atoms with Crippen molar-refractivity contribution in [3.63, 3.8) is 0 Å². The van der Waals surface area contributed by atoms with Gasteiger partial charge in [0, 0.05) is 22.5 Å². The molecule has 0 spiro atoms. The molecular formula is C21H19BrFN3O3. The summed E-state index contributed by atoms with van der Waals surface area (Å²) in [6, 6.07) is 12.0. The number of hydrogen-bond donors (Lipinski definition) is 2. The summed E-state index contributed by atoms with van der Waals surface area (Å²) < 4.78 is 14.4. The fourth-order valence-electron chi connectivity index (χ4n) is 3.01. The van der Waals surface area contributed by atoms with Crippen molar-refractivity contribution in [2.75, 3.05) is 4.90 Å². The maximum absolute atomic E-state index is 14.0. The van der Waals surface area contributed by atoms with Gasteiger partial charge in [-0.3, -0.25) is 25.2 Å². The van der Waals surface area contributed by atoms with Crippen molar-refractivity contribution in [3.05, 3.63) is 70.5 Å². The number of fused-ring (bicyclic) bond motifs is 1. The Hall–Kier alpha value is -3.00. The van der Waals surface area contributed by atoms with Crippen LogP contribution in [0.5, 0.6) is 0 Å². The highest BCUT2D eigenvalue weighted by Crippen LogP contribution is 2.38. The maximum atomic E-state index is 14.0. The summed E-state index contributed by atoms with van der Waals surface area (Å²) in [7, 11) is 0. The van der Waals surface area contributed by atoms with Crippen LogP contribution >= 0.6 is 15.9 Å². The van der Waals surface area contributed by atoms with Crippen molar-refractivity contribution in [1.29, 1.82) is 0 Å². The number of aryl methyl sites for hydroxylation is 1. The van der Waals surface area contributed by atoms with Crippen molar-refractivity contribution in [2.24, 2.45) is 0 Å². The summed E-state index contributed by atoms with van der Waals surface area (Å²) in [5.74, 6) is -1.68. The van der Waals surface area contributed by atoms with E-state index in [9.17, 15) is 18.8 Å². The van der Waals surface area contributed by atoms with Crippen molar-refractivity contribution in [3.8, 4) is 0 Å². The molecule has 2 N–H and O–H groups in total. The number of carbonyl (C=O) groups is 3. The molecule has 2 aromatic rings. The monoisotopic (exact) mass is 459 g/mol. The Labute approximate surface area is 175 Å². The minimum absolute atomic E-state index is 0.161. The van der Waals surface area contributed by atoms with Crippen LogP contribution in [0.4, 0.5) is 10.1 Å². The lowest BCUT2D eigenvalue weighted by atomic mass is 10.1. The van der Waals surface area contributed by atoms with Gasteiger partial charge >= 0.3 is 0 Å². The number of rotatable bonds is 3. The van der Waals surface area contributed by atoms with Gasteiger partial charge in [-0.15, -0.1) is 0 Å². The summed E-state index contributed by atoms with van der Waals surface area (Å²) in [6.07, 6.45) is -0.185. The van der Waals surface area contributed by atoms with E-state index in [0.29, 0.717) is 26.9 Å². The molecule has 6 nitrogen and oxygen atoms in total. The van der Waals surface area contributed by atoms with E-state index in [1.165, 1.54) is 17.9 Å². The molecule has 0 bridgehead atoms. The van der Waals surface area contributed by atoms with Crippen molar-refractivity contribution >= 4 is 43.8 Å². The zero-order chi connectivity index (χ0) is 21.1. The molecule has 8 heteroatoms. The molecule has 0 aliphatic carbocycles. The van der Waals surface area contributed by atoms with Gasteiger partial charge in [0.25, 0.3) is 5.91 Å². The standard InChI is InChI=1S/C21H19BrFN3O3/c1-12-7-8-14(9-17(12)23)11-26-18-6-4-3-5-15(18)20(22)16(10-19(26)28)21(29)25-24-13(2)27/h3-9H,10-11H2,1-2H3,(H,24,27)(H,25,29). The number of carbonyl (C=O) groups excluding carboxylic acids is 3. The summed E-state index contributed by atoms with van der Waals surface area (Å²) in [4.78, 5) is 38.2. The second kappa shape index (κ2) is 8.57. The summed E-state index contributed by atoms with van der Waals surface area (Å²) in [5, 5.41) is 0. The first-order chi connectivity index (χ1) is 13.8. The molecule has 1 aliphatic rings. The van der Waals surface area contributed by atoms with E-state index in [-0.39, 0.29) is 30.3 Å². The quantitative estimate of drug-likeness (QED) is 0.690.